The minimum absolute atomic E-state index is 0.00653. The van der Waals surface area contributed by atoms with E-state index in [0.29, 0.717) is 92.2 Å². The summed E-state index contributed by atoms with van der Waals surface area (Å²) in [4.78, 5) is 79.4. The molecule has 5 amide bonds. The molecule has 0 radical (unpaired) electrons. The molecule has 5 heterocycles. The fraction of sp³-hybridized carbons (Fsp3) is 0.450. The predicted octanol–water partition coefficient (Wildman–Crippen LogP) is 8.51. The highest BCUT2D eigenvalue weighted by molar-refractivity contribution is 7.13. The third-order valence-corrected chi connectivity index (χ3v) is 16.2. The van der Waals surface area contributed by atoms with Crippen molar-refractivity contribution in [3.05, 3.63) is 124 Å². The zero-order valence-corrected chi connectivity index (χ0v) is 46.7. The summed E-state index contributed by atoms with van der Waals surface area (Å²) in [5.74, 6) is -2.27. The van der Waals surface area contributed by atoms with Crippen LogP contribution in [-0.2, 0) is 36.9 Å². The fourth-order valence-electron chi connectivity index (χ4n) is 10.8. The summed E-state index contributed by atoms with van der Waals surface area (Å²) in [5.41, 5.74) is 8.05. The number of aliphatic hydroxyl groups excluding tert-OH is 1. The topological polar surface area (TPSA) is 214 Å². The first kappa shape index (κ1) is 57.4. The number of aliphatic hydroxyl groups is 1. The Hall–Kier alpha value is -7.29. The van der Waals surface area contributed by atoms with Crippen LogP contribution in [-0.4, -0.2) is 130 Å². The van der Waals surface area contributed by atoms with Gasteiger partial charge in [0, 0.05) is 101 Å². The molecule has 424 valence electrons. The molecule has 6 aromatic rings. The highest BCUT2D eigenvalue weighted by Crippen LogP contribution is 2.32. The summed E-state index contributed by atoms with van der Waals surface area (Å²) in [7, 11) is 0. The number of hydrogen-bond donors (Lipinski definition) is 6. The van der Waals surface area contributed by atoms with Gasteiger partial charge in [0.15, 0.2) is 5.82 Å². The van der Waals surface area contributed by atoms with Crippen molar-refractivity contribution in [3.8, 4) is 10.4 Å². The number of nitrogens with zero attached hydrogens (tertiary/aromatic N) is 5. The number of carbonyl (C=O) groups is 5. The highest BCUT2D eigenvalue weighted by Gasteiger charge is 2.44. The summed E-state index contributed by atoms with van der Waals surface area (Å²) in [6.07, 6.45) is 4.44. The molecule has 3 aliphatic heterocycles. The molecule has 0 bridgehead atoms. The minimum Gasteiger partial charge on any atom is -0.391 e. The number of β-amino-alcohol motifs (C(OH)–C–C–N with tert-alkyl or cyclic N) is 1. The van der Waals surface area contributed by atoms with Gasteiger partial charge in [-0.15, -0.1) is 11.3 Å². The van der Waals surface area contributed by atoms with Crippen molar-refractivity contribution in [3.63, 3.8) is 0 Å². The Morgan fingerprint density at radius 2 is 1.56 bits per heavy atom. The van der Waals surface area contributed by atoms with Crippen LogP contribution in [0.3, 0.4) is 0 Å². The Labute approximate surface area is 469 Å². The molecule has 80 heavy (non-hydrogen) atoms. The standard InChI is InChI=1S/C60H72F2N10O7S/c1-37-54(80-36-64-37)41-14-11-38(12-15-41)34-63-58(77)51-33-46(73)35-72(51)59(78)55(60(2,3)4)66-52(74)9-7-5-6-8-10-53(75)71-23-21-70(22-24-71)45-16-17-47(50(32-45)65-44-19-25-79-26-20-44)57(76)67-56-48-30-39(13-18-49(48)68-69-56)27-40-28-42(61)31-43(62)29-40/h11-18,28-32,36,44,46,51,55,65,73H,5-10,19-27,33-35H2,1-4H3,(H,63,77)(H,66,74)(H2,67,68,69,76)/t46-,51+,55?/m1/s1. The van der Waals surface area contributed by atoms with E-state index in [1.807, 2.05) is 92.7 Å². The number of nitrogens with one attached hydrogen (secondary N) is 5. The summed E-state index contributed by atoms with van der Waals surface area (Å²) >= 11 is 1.57. The number of rotatable bonds is 20. The number of unbranched alkanes of at least 4 members (excludes halogenated alkanes) is 3. The SMILES string of the molecule is Cc1ncsc1-c1ccc(CNC(=O)[C@@H]2C[C@@H](O)CN2C(=O)C(NC(=O)CCCCCCC(=O)N2CCN(c3ccc(C(=O)Nc4n[nH]c5ccc(Cc6cc(F)cc(F)c6)cc45)c(NC4CCOCC4)c3)CC2)C(C)(C)C)cc1. The number of H-pyrrole nitrogens is 1. The van der Waals surface area contributed by atoms with Gasteiger partial charge in [0.25, 0.3) is 5.91 Å². The molecule has 2 aromatic heterocycles. The van der Waals surface area contributed by atoms with Gasteiger partial charge in [0.05, 0.1) is 33.3 Å². The lowest BCUT2D eigenvalue weighted by molar-refractivity contribution is -0.144. The number of aromatic amines is 1. The average Bonchev–Trinajstić information content (AvgIpc) is 4.24. The van der Waals surface area contributed by atoms with Gasteiger partial charge in [-0.25, -0.2) is 13.8 Å². The van der Waals surface area contributed by atoms with Crippen molar-refractivity contribution in [2.75, 3.05) is 61.5 Å². The van der Waals surface area contributed by atoms with E-state index >= 15 is 0 Å². The van der Waals surface area contributed by atoms with Gasteiger partial charge in [0.1, 0.15) is 23.7 Å². The van der Waals surface area contributed by atoms with E-state index in [-0.39, 0.29) is 62.0 Å². The van der Waals surface area contributed by atoms with E-state index in [9.17, 15) is 37.9 Å². The third kappa shape index (κ3) is 14.5. The number of thiazole rings is 1. The summed E-state index contributed by atoms with van der Waals surface area (Å²) < 4.78 is 33.5. The first-order valence-corrected chi connectivity index (χ1v) is 28.6. The zero-order chi connectivity index (χ0) is 56.5. The van der Waals surface area contributed by atoms with E-state index < -0.39 is 41.1 Å². The molecule has 0 saturated carbocycles. The second-order valence-corrected chi connectivity index (χ2v) is 23.2. The molecule has 1 unspecified atom stereocenters. The number of likely N-dealkylation sites (tertiary alicyclic amines) is 1. The number of hydrogen-bond acceptors (Lipinski definition) is 12. The van der Waals surface area contributed by atoms with Gasteiger partial charge < -0.3 is 45.8 Å². The first-order valence-electron chi connectivity index (χ1n) is 27.7. The molecular formula is C60H72F2N10O7S. The largest absolute Gasteiger partial charge is 0.391 e. The maximum Gasteiger partial charge on any atom is 0.258 e. The van der Waals surface area contributed by atoms with E-state index in [1.165, 1.54) is 17.0 Å². The molecule has 3 aliphatic rings. The maximum atomic E-state index is 14.1. The average molecular weight is 1120 g/mol. The number of halogens is 2. The van der Waals surface area contributed by atoms with Gasteiger partial charge in [-0.05, 0) is 109 Å². The summed E-state index contributed by atoms with van der Waals surface area (Å²) in [6, 6.07) is 20.9. The Morgan fingerprint density at radius 1 is 0.850 bits per heavy atom. The molecule has 3 saturated heterocycles. The van der Waals surface area contributed by atoms with Crippen LogP contribution in [0.25, 0.3) is 21.3 Å². The Balaban J connectivity index is 0.718. The number of piperazine rings is 1. The number of aryl methyl sites for hydroxylation is 1. The van der Waals surface area contributed by atoms with Crippen molar-refractivity contribution >= 4 is 69.0 Å². The van der Waals surface area contributed by atoms with Crippen LogP contribution in [0.2, 0.25) is 0 Å². The molecular weight excluding hydrogens is 1040 g/mol. The third-order valence-electron chi connectivity index (χ3n) is 15.3. The summed E-state index contributed by atoms with van der Waals surface area (Å²) in [6.45, 7) is 11.4. The molecule has 3 atom stereocenters. The number of amides is 5. The number of benzene rings is 4. The van der Waals surface area contributed by atoms with Crippen molar-refractivity contribution in [1.29, 1.82) is 0 Å². The second-order valence-electron chi connectivity index (χ2n) is 22.3. The fourth-order valence-corrected chi connectivity index (χ4v) is 11.6. The Bertz CT molecular complexity index is 3150. The Morgan fingerprint density at radius 3 is 2.26 bits per heavy atom. The number of carbonyl (C=O) groups excluding carboxylic acids is 5. The smallest absolute Gasteiger partial charge is 0.258 e. The maximum absolute atomic E-state index is 14.1. The first-order chi connectivity index (χ1) is 38.4. The quantitative estimate of drug-likeness (QED) is 0.0399. The van der Waals surface area contributed by atoms with Crippen LogP contribution in [0.15, 0.2) is 84.4 Å². The number of anilines is 3. The molecule has 20 heteroatoms. The van der Waals surface area contributed by atoms with Crippen LogP contribution in [0, 0.1) is 24.0 Å². The molecule has 0 spiro atoms. The van der Waals surface area contributed by atoms with Gasteiger partial charge >= 0.3 is 0 Å². The lowest BCUT2D eigenvalue weighted by atomic mass is 9.85. The molecule has 3 fully saturated rings. The van der Waals surface area contributed by atoms with E-state index in [4.69, 9.17) is 4.74 Å². The minimum atomic E-state index is -0.915. The van der Waals surface area contributed by atoms with E-state index in [2.05, 4.69) is 41.3 Å². The van der Waals surface area contributed by atoms with Gasteiger partial charge in [-0.2, -0.15) is 5.10 Å². The number of aromatic nitrogens is 3. The molecule has 9 rings (SSSR count). The monoisotopic (exact) mass is 1110 g/mol. The van der Waals surface area contributed by atoms with Crippen LogP contribution in [0.1, 0.15) is 111 Å². The number of fused-ring (bicyclic) bond motifs is 1. The summed E-state index contributed by atoms with van der Waals surface area (Å²) in [5, 5.41) is 31.2. The number of ether oxygens (including phenoxy) is 1. The normalized spacial score (nSPS) is 17.4. The van der Waals surface area contributed by atoms with Crippen molar-refractivity contribution in [2.24, 2.45) is 5.41 Å². The van der Waals surface area contributed by atoms with Crippen LogP contribution < -0.4 is 26.2 Å². The molecule has 6 N–H and O–H groups in total. The Kier molecular flexibility index (Phi) is 18.6. The second kappa shape index (κ2) is 25.9. The molecule has 4 aromatic carbocycles. The van der Waals surface area contributed by atoms with E-state index in [1.54, 1.807) is 17.4 Å². The highest BCUT2D eigenvalue weighted by atomic mass is 32.1. The molecule has 0 aliphatic carbocycles. The molecule has 17 nitrogen and oxygen atoms in total. The van der Waals surface area contributed by atoms with Gasteiger partial charge in [-0.3, -0.25) is 29.1 Å². The lowest BCUT2D eigenvalue weighted by Crippen LogP contribution is -2.57. The van der Waals surface area contributed by atoms with Crippen LogP contribution in [0.4, 0.5) is 26.0 Å². The van der Waals surface area contributed by atoms with Crippen LogP contribution in [0.5, 0.6) is 0 Å². The zero-order valence-electron chi connectivity index (χ0n) is 45.9. The lowest BCUT2D eigenvalue weighted by Gasteiger charge is -2.36. The van der Waals surface area contributed by atoms with Crippen LogP contribution >= 0.6 is 11.3 Å². The van der Waals surface area contributed by atoms with E-state index in [0.717, 1.165) is 64.7 Å². The van der Waals surface area contributed by atoms with Gasteiger partial charge in [-0.1, -0.05) is 63.9 Å². The van der Waals surface area contributed by atoms with Gasteiger partial charge in [0.2, 0.25) is 23.6 Å². The van der Waals surface area contributed by atoms with Crippen molar-refractivity contribution in [1.82, 2.24) is 35.6 Å². The predicted molar refractivity (Wildman–Crippen MR) is 305 cm³/mol. The van der Waals surface area contributed by atoms with Crippen molar-refractivity contribution < 1.29 is 42.6 Å². The van der Waals surface area contributed by atoms with Crippen molar-refractivity contribution in [2.45, 2.75) is 123 Å².